The van der Waals surface area contributed by atoms with Crippen molar-refractivity contribution in [3.63, 3.8) is 0 Å². The van der Waals surface area contributed by atoms with Gasteiger partial charge in [0.15, 0.2) is 11.5 Å². The number of halogens is 2. The Balaban J connectivity index is 1.66. The Morgan fingerprint density at radius 2 is 1.78 bits per heavy atom. The van der Waals surface area contributed by atoms with Crippen LogP contribution in [-0.2, 0) is 16.2 Å². The molecule has 36 heavy (non-hydrogen) atoms. The Bertz CT molecular complexity index is 1420. The Morgan fingerprint density at radius 1 is 1.00 bits per heavy atom. The van der Waals surface area contributed by atoms with Crippen molar-refractivity contribution in [2.24, 2.45) is 0 Å². The van der Waals surface area contributed by atoms with E-state index in [4.69, 9.17) is 32.7 Å². The van der Waals surface area contributed by atoms with Gasteiger partial charge in [-0.2, -0.15) is 0 Å². The van der Waals surface area contributed by atoms with Crippen molar-refractivity contribution in [2.75, 3.05) is 12.0 Å². The predicted octanol–water partition coefficient (Wildman–Crippen LogP) is 5.86. The number of barbiturate groups is 1. The van der Waals surface area contributed by atoms with Crippen LogP contribution in [0.15, 0.2) is 60.2 Å². The van der Waals surface area contributed by atoms with Crippen LogP contribution in [0.4, 0.5) is 10.5 Å². The molecule has 4 amide bonds. The fraction of sp³-hybridized carbons (Fsp3) is 0.148. The lowest BCUT2D eigenvalue weighted by atomic mass is 10.0. The number of rotatable bonds is 6. The number of carbonyl (C=O) groups is 3. The summed E-state index contributed by atoms with van der Waals surface area (Å²) in [5.41, 5.74) is 3.01. The molecule has 3 aromatic carbocycles. The lowest BCUT2D eigenvalue weighted by Gasteiger charge is -2.27. The molecule has 0 radical (unpaired) electrons. The molecule has 1 aliphatic heterocycles. The van der Waals surface area contributed by atoms with Gasteiger partial charge in [-0.3, -0.25) is 14.9 Å². The number of amides is 4. The van der Waals surface area contributed by atoms with E-state index in [0.717, 1.165) is 16.0 Å². The van der Waals surface area contributed by atoms with Gasteiger partial charge in [0.25, 0.3) is 11.8 Å². The molecule has 1 heterocycles. The Labute approximate surface area is 218 Å². The molecule has 9 heteroatoms. The first-order chi connectivity index (χ1) is 17.2. The van der Waals surface area contributed by atoms with E-state index >= 15 is 0 Å². The van der Waals surface area contributed by atoms with Crippen molar-refractivity contribution < 1.29 is 23.9 Å². The largest absolute Gasteiger partial charge is 0.493 e. The van der Waals surface area contributed by atoms with Crippen LogP contribution in [0, 0.1) is 13.8 Å². The number of urea groups is 1. The highest BCUT2D eigenvalue weighted by Gasteiger charge is 2.37. The Kier molecular flexibility index (Phi) is 7.33. The van der Waals surface area contributed by atoms with Gasteiger partial charge in [-0.15, -0.1) is 0 Å². The van der Waals surface area contributed by atoms with Crippen LogP contribution in [0.25, 0.3) is 6.08 Å². The topological polar surface area (TPSA) is 84.9 Å². The predicted molar refractivity (Wildman–Crippen MR) is 139 cm³/mol. The molecule has 0 atom stereocenters. The second-order valence-electron chi connectivity index (χ2n) is 8.20. The first-order valence-electron chi connectivity index (χ1n) is 10.9. The molecule has 0 aliphatic carbocycles. The summed E-state index contributed by atoms with van der Waals surface area (Å²) in [5.74, 6) is -0.938. The molecule has 1 fully saturated rings. The molecule has 7 nitrogen and oxygen atoms in total. The Morgan fingerprint density at radius 3 is 2.50 bits per heavy atom. The van der Waals surface area contributed by atoms with E-state index < -0.39 is 17.8 Å². The normalized spacial score (nSPS) is 14.8. The van der Waals surface area contributed by atoms with Gasteiger partial charge in [0.1, 0.15) is 12.2 Å². The quantitative estimate of drug-likeness (QED) is 0.322. The monoisotopic (exact) mass is 524 g/mol. The lowest BCUT2D eigenvalue weighted by Crippen LogP contribution is -2.54. The van der Waals surface area contributed by atoms with E-state index in [1.54, 1.807) is 43.3 Å². The van der Waals surface area contributed by atoms with E-state index in [9.17, 15) is 14.4 Å². The van der Waals surface area contributed by atoms with Gasteiger partial charge in [0, 0.05) is 5.02 Å². The number of anilines is 1. The fourth-order valence-corrected chi connectivity index (χ4v) is 4.24. The summed E-state index contributed by atoms with van der Waals surface area (Å²) in [6.45, 7) is 3.83. The first kappa shape index (κ1) is 25.3. The molecule has 0 saturated carbocycles. The smallest absolute Gasteiger partial charge is 0.335 e. The molecule has 1 saturated heterocycles. The van der Waals surface area contributed by atoms with Gasteiger partial charge in [0.05, 0.1) is 17.8 Å². The van der Waals surface area contributed by atoms with Crippen LogP contribution in [0.1, 0.15) is 22.3 Å². The maximum absolute atomic E-state index is 13.3. The highest BCUT2D eigenvalue weighted by Crippen LogP contribution is 2.38. The number of aryl methyl sites for hydroxylation is 2. The number of benzene rings is 3. The summed E-state index contributed by atoms with van der Waals surface area (Å²) >= 11 is 12.5. The molecule has 0 spiro atoms. The van der Waals surface area contributed by atoms with Crippen LogP contribution in [-0.4, -0.2) is 25.0 Å². The summed E-state index contributed by atoms with van der Waals surface area (Å²) in [4.78, 5) is 39.4. The zero-order valence-corrected chi connectivity index (χ0v) is 21.2. The molecular formula is C27H22Cl2N2O5. The molecule has 4 rings (SSSR count). The molecule has 0 bridgehead atoms. The third-order valence-electron chi connectivity index (χ3n) is 5.54. The summed E-state index contributed by atoms with van der Waals surface area (Å²) in [6, 6.07) is 14.9. The second-order valence-corrected chi connectivity index (χ2v) is 9.04. The second kappa shape index (κ2) is 10.4. The number of nitrogens with zero attached hydrogens (tertiary/aromatic N) is 1. The summed E-state index contributed by atoms with van der Waals surface area (Å²) in [5, 5.41) is 3.03. The number of carbonyl (C=O) groups excluding carboxylic acids is 3. The maximum Gasteiger partial charge on any atom is 0.335 e. The maximum atomic E-state index is 13.3. The lowest BCUT2D eigenvalue weighted by molar-refractivity contribution is -0.122. The van der Waals surface area contributed by atoms with Crippen molar-refractivity contribution in [1.29, 1.82) is 0 Å². The number of ether oxygens (including phenoxy) is 2. The molecule has 1 aliphatic rings. The summed E-state index contributed by atoms with van der Waals surface area (Å²) in [7, 11) is 1.45. The van der Waals surface area contributed by atoms with Gasteiger partial charge < -0.3 is 9.47 Å². The van der Waals surface area contributed by atoms with Crippen molar-refractivity contribution in [2.45, 2.75) is 20.5 Å². The third-order valence-corrected chi connectivity index (χ3v) is 6.06. The highest BCUT2D eigenvalue weighted by molar-refractivity contribution is 6.39. The molecule has 1 N–H and O–H groups in total. The van der Waals surface area contributed by atoms with Crippen LogP contribution in [0.5, 0.6) is 11.5 Å². The van der Waals surface area contributed by atoms with Crippen molar-refractivity contribution >= 4 is 52.8 Å². The fourth-order valence-electron chi connectivity index (χ4n) is 3.75. The molecule has 0 aromatic heterocycles. The van der Waals surface area contributed by atoms with Crippen molar-refractivity contribution in [3.05, 3.63) is 92.5 Å². The average Bonchev–Trinajstić information content (AvgIpc) is 2.83. The number of hydrogen-bond acceptors (Lipinski definition) is 5. The van der Waals surface area contributed by atoms with Crippen molar-refractivity contribution in [3.8, 4) is 11.5 Å². The number of methoxy groups -OCH3 is 1. The van der Waals surface area contributed by atoms with E-state index in [1.807, 2.05) is 25.1 Å². The molecule has 184 valence electrons. The van der Waals surface area contributed by atoms with Crippen LogP contribution < -0.4 is 19.7 Å². The SMILES string of the molecule is COc1cc(/C=C2\C(=O)NC(=O)N(c3cc(C)ccc3C)C2=O)cc(Cl)c1OCc1cccc(Cl)c1. The molecular weight excluding hydrogens is 503 g/mol. The van der Waals surface area contributed by atoms with Gasteiger partial charge in [-0.1, -0.05) is 47.5 Å². The summed E-state index contributed by atoms with van der Waals surface area (Å²) in [6.07, 6.45) is 1.36. The zero-order valence-electron chi connectivity index (χ0n) is 19.7. The standard InChI is InChI=1S/C27H22Cl2N2O5/c1-15-7-8-16(2)22(9-15)31-26(33)20(25(32)30-27(31)34)11-18-12-21(29)24(23(13-18)35-3)36-14-17-5-4-6-19(28)10-17/h4-13H,14H2,1-3H3,(H,30,32,34)/b20-11+. The van der Waals surface area contributed by atoms with E-state index in [1.165, 1.54) is 13.2 Å². The van der Waals surface area contributed by atoms with Crippen LogP contribution >= 0.6 is 23.2 Å². The van der Waals surface area contributed by atoms with Crippen LogP contribution in [0.2, 0.25) is 10.0 Å². The van der Waals surface area contributed by atoms with Crippen LogP contribution in [0.3, 0.4) is 0 Å². The molecule has 0 unspecified atom stereocenters. The van der Waals surface area contributed by atoms with Gasteiger partial charge in [-0.25, -0.2) is 9.69 Å². The van der Waals surface area contributed by atoms with Gasteiger partial charge >= 0.3 is 6.03 Å². The Hall–Kier alpha value is -3.81. The summed E-state index contributed by atoms with van der Waals surface area (Å²) < 4.78 is 11.3. The average molecular weight is 525 g/mol. The van der Waals surface area contributed by atoms with E-state index in [-0.39, 0.29) is 17.2 Å². The number of hydrogen-bond donors (Lipinski definition) is 1. The highest BCUT2D eigenvalue weighted by atomic mass is 35.5. The number of nitrogens with one attached hydrogen (secondary N) is 1. The van der Waals surface area contributed by atoms with E-state index in [2.05, 4.69) is 5.32 Å². The minimum atomic E-state index is -0.809. The van der Waals surface area contributed by atoms with Crippen molar-refractivity contribution in [1.82, 2.24) is 5.32 Å². The minimum absolute atomic E-state index is 0.199. The van der Waals surface area contributed by atoms with E-state index in [0.29, 0.717) is 33.3 Å². The van der Waals surface area contributed by atoms with Gasteiger partial charge in [0.2, 0.25) is 0 Å². The van der Waals surface area contributed by atoms with Gasteiger partial charge in [-0.05, 0) is 72.5 Å². The minimum Gasteiger partial charge on any atom is -0.493 e. The molecule has 3 aromatic rings. The first-order valence-corrected chi connectivity index (χ1v) is 11.7. The zero-order chi connectivity index (χ0) is 26.0. The number of imide groups is 2. The third kappa shape index (κ3) is 5.22.